The number of rotatable bonds is 2. The maximum absolute atomic E-state index is 12.9. The molecule has 0 saturated carbocycles. The Labute approximate surface area is 131 Å². The van der Waals surface area contributed by atoms with E-state index < -0.39 is 5.82 Å². The molecule has 0 amide bonds. The van der Waals surface area contributed by atoms with E-state index in [4.69, 9.17) is 35.4 Å². The van der Waals surface area contributed by atoms with Crippen LogP contribution >= 0.6 is 35.4 Å². The molecule has 6 heteroatoms. The molecule has 0 saturated heterocycles. The zero-order valence-electron chi connectivity index (χ0n) is 10.5. The average Bonchev–Trinajstić information content (AvgIpc) is 2.36. The highest BCUT2D eigenvalue weighted by molar-refractivity contribution is 7.80. The number of hydrogen-bond donors (Lipinski definition) is 2. The van der Waals surface area contributed by atoms with Gasteiger partial charge in [-0.1, -0.05) is 29.3 Å². The lowest BCUT2D eigenvalue weighted by Crippen LogP contribution is -2.19. The second-order valence-corrected chi connectivity index (χ2v) is 5.41. The molecule has 2 N–H and O–H groups in total. The first-order valence-corrected chi connectivity index (χ1v) is 6.91. The number of anilines is 2. The lowest BCUT2D eigenvalue weighted by atomic mass is 10.2. The first-order valence-electron chi connectivity index (χ1n) is 5.75. The Morgan fingerprint density at radius 1 is 1.00 bits per heavy atom. The van der Waals surface area contributed by atoms with Crippen molar-refractivity contribution in [3.63, 3.8) is 0 Å². The molecule has 2 rings (SSSR count). The van der Waals surface area contributed by atoms with Gasteiger partial charge in [0.25, 0.3) is 0 Å². The van der Waals surface area contributed by atoms with Crippen LogP contribution in [0.5, 0.6) is 0 Å². The van der Waals surface area contributed by atoms with Gasteiger partial charge in [0.2, 0.25) is 0 Å². The molecule has 2 nitrogen and oxygen atoms in total. The third-order valence-electron chi connectivity index (χ3n) is 2.55. The average molecular weight is 329 g/mol. The van der Waals surface area contributed by atoms with Crippen LogP contribution in [0.25, 0.3) is 0 Å². The predicted octanol–water partition coefficient (Wildman–Crippen LogP) is 5.25. The van der Waals surface area contributed by atoms with Gasteiger partial charge in [-0.3, -0.25) is 0 Å². The fraction of sp³-hybridized carbons (Fsp3) is 0.0714. The summed E-state index contributed by atoms with van der Waals surface area (Å²) in [5.41, 5.74) is 2.27. The maximum atomic E-state index is 12.9. The summed E-state index contributed by atoms with van der Waals surface area (Å²) in [4.78, 5) is 0. The van der Waals surface area contributed by atoms with E-state index in [1.54, 1.807) is 0 Å². The molecule has 0 bridgehead atoms. The van der Waals surface area contributed by atoms with Crippen LogP contribution in [0.1, 0.15) is 5.56 Å². The molecule has 0 unspecified atom stereocenters. The highest BCUT2D eigenvalue weighted by atomic mass is 35.5. The Bertz CT molecular complexity index is 606. The van der Waals surface area contributed by atoms with Crippen molar-refractivity contribution >= 4 is 51.9 Å². The third-order valence-corrected chi connectivity index (χ3v) is 3.38. The number of halogens is 3. The van der Waals surface area contributed by atoms with Crippen LogP contribution in [-0.4, -0.2) is 5.11 Å². The van der Waals surface area contributed by atoms with Crippen molar-refractivity contribution in [2.45, 2.75) is 6.92 Å². The highest BCUT2D eigenvalue weighted by Gasteiger charge is 2.06. The lowest BCUT2D eigenvalue weighted by molar-refractivity contribution is 0.628. The number of hydrogen-bond acceptors (Lipinski definition) is 1. The predicted molar refractivity (Wildman–Crippen MR) is 87.4 cm³/mol. The van der Waals surface area contributed by atoms with Gasteiger partial charge >= 0.3 is 0 Å². The molecule has 0 radical (unpaired) electrons. The topological polar surface area (TPSA) is 24.1 Å². The Morgan fingerprint density at radius 3 is 2.10 bits per heavy atom. The standard InChI is InChI=1S/C14H11Cl2FN2S/c1-8-2-4-12(10(15)6-8)18-14(20)19-13-5-3-9(17)7-11(13)16/h2-7H,1H3,(H2,18,19,20). The van der Waals surface area contributed by atoms with Crippen molar-refractivity contribution in [2.75, 3.05) is 10.6 Å². The Morgan fingerprint density at radius 2 is 1.55 bits per heavy atom. The third kappa shape index (κ3) is 3.82. The largest absolute Gasteiger partial charge is 0.331 e. The number of benzene rings is 2. The monoisotopic (exact) mass is 328 g/mol. The van der Waals surface area contributed by atoms with Gasteiger partial charge in [0.1, 0.15) is 5.82 Å². The van der Waals surface area contributed by atoms with Crippen LogP contribution in [0, 0.1) is 12.7 Å². The molecule has 20 heavy (non-hydrogen) atoms. The highest BCUT2D eigenvalue weighted by Crippen LogP contribution is 2.25. The van der Waals surface area contributed by atoms with Gasteiger partial charge in [0.05, 0.1) is 21.4 Å². The van der Waals surface area contributed by atoms with Gasteiger partial charge in [0, 0.05) is 0 Å². The number of aryl methyl sites for hydroxylation is 1. The molecule has 0 aliphatic heterocycles. The normalized spacial score (nSPS) is 10.2. The van der Waals surface area contributed by atoms with E-state index in [9.17, 15) is 4.39 Å². The second-order valence-electron chi connectivity index (χ2n) is 4.19. The molecule has 2 aromatic rings. The second kappa shape index (κ2) is 6.39. The van der Waals surface area contributed by atoms with Crippen molar-refractivity contribution in [2.24, 2.45) is 0 Å². The quantitative estimate of drug-likeness (QED) is 0.736. The first-order chi connectivity index (χ1) is 9.45. The van der Waals surface area contributed by atoms with E-state index in [1.807, 2.05) is 25.1 Å². The fourth-order valence-corrected chi connectivity index (χ4v) is 2.30. The Balaban J connectivity index is 2.09. The van der Waals surface area contributed by atoms with Gasteiger partial charge in [-0.05, 0) is 55.0 Å². The van der Waals surface area contributed by atoms with Crippen LogP contribution in [0.3, 0.4) is 0 Å². The molecule has 0 atom stereocenters. The van der Waals surface area contributed by atoms with Crippen LogP contribution in [0.2, 0.25) is 10.0 Å². The van der Waals surface area contributed by atoms with Crippen molar-refractivity contribution in [1.82, 2.24) is 0 Å². The molecule has 0 aliphatic carbocycles. The minimum absolute atomic E-state index is 0.254. The van der Waals surface area contributed by atoms with Gasteiger partial charge in [-0.15, -0.1) is 0 Å². The van der Waals surface area contributed by atoms with Crippen molar-refractivity contribution in [1.29, 1.82) is 0 Å². The van der Waals surface area contributed by atoms with Gasteiger partial charge in [0.15, 0.2) is 5.11 Å². The van der Waals surface area contributed by atoms with E-state index in [0.717, 1.165) is 5.56 Å². The molecule has 0 spiro atoms. The lowest BCUT2D eigenvalue weighted by Gasteiger charge is -2.13. The Kier molecular flexibility index (Phi) is 4.81. The smallest absolute Gasteiger partial charge is 0.175 e. The molecule has 104 valence electrons. The molecular formula is C14H11Cl2FN2S. The van der Waals surface area contributed by atoms with Crippen LogP contribution < -0.4 is 10.6 Å². The van der Waals surface area contributed by atoms with Crippen LogP contribution in [0.4, 0.5) is 15.8 Å². The van der Waals surface area contributed by atoms with E-state index in [0.29, 0.717) is 21.5 Å². The minimum atomic E-state index is -0.402. The number of nitrogens with one attached hydrogen (secondary N) is 2. The number of thiocarbonyl (C=S) groups is 1. The fourth-order valence-electron chi connectivity index (χ4n) is 1.59. The molecule has 0 heterocycles. The van der Waals surface area contributed by atoms with Crippen molar-refractivity contribution in [3.8, 4) is 0 Å². The van der Waals surface area contributed by atoms with Crippen molar-refractivity contribution in [3.05, 3.63) is 57.8 Å². The van der Waals surface area contributed by atoms with Crippen LogP contribution in [-0.2, 0) is 0 Å². The summed E-state index contributed by atoms with van der Waals surface area (Å²) in [5.74, 6) is -0.402. The van der Waals surface area contributed by atoms with Gasteiger partial charge < -0.3 is 10.6 Å². The summed E-state index contributed by atoms with van der Waals surface area (Å²) in [7, 11) is 0. The zero-order chi connectivity index (χ0) is 14.7. The van der Waals surface area contributed by atoms with E-state index in [2.05, 4.69) is 10.6 Å². The summed E-state index contributed by atoms with van der Waals surface area (Å²) >= 11 is 17.2. The summed E-state index contributed by atoms with van der Waals surface area (Å²) in [5, 5.41) is 7.00. The van der Waals surface area contributed by atoms with Crippen molar-refractivity contribution < 1.29 is 4.39 Å². The van der Waals surface area contributed by atoms with Gasteiger partial charge in [-0.2, -0.15) is 0 Å². The van der Waals surface area contributed by atoms with E-state index >= 15 is 0 Å². The summed E-state index contributed by atoms with van der Waals surface area (Å²) < 4.78 is 12.9. The summed E-state index contributed by atoms with van der Waals surface area (Å²) in [6, 6.07) is 9.61. The van der Waals surface area contributed by atoms with Gasteiger partial charge in [-0.25, -0.2) is 4.39 Å². The Hall–Kier alpha value is -1.36. The summed E-state index contributed by atoms with van der Waals surface area (Å²) in [6.07, 6.45) is 0. The molecule has 0 fully saturated rings. The molecule has 0 aromatic heterocycles. The minimum Gasteiger partial charge on any atom is -0.331 e. The van der Waals surface area contributed by atoms with Crippen LogP contribution in [0.15, 0.2) is 36.4 Å². The maximum Gasteiger partial charge on any atom is 0.175 e. The first kappa shape index (κ1) is 15.0. The van der Waals surface area contributed by atoms with E-state index in [-0.39, 0.29) is 5.02 Å². The zero-order valence-corrected chi connectivity index (χ0v) is 12.8. The SMILES string of the molecule is Cc1ccc(NC(=S)Nc2ccc(F)cc2Cl)c(Cl)c1. The molecular weight excluding hydrogens is 318 g/mol. The summed E-state index contributed by atoms with van der Waals surface area (Å²) in [6.45, 7) is 1.95. The van der Waals surface area contributed by atoms with E-state index in [1.165, 1.54) is 18.2 Å². The molecule has 0 aliphatic rings. The molecule has 2 aromatic carbocycles.